The molecule has 0 aliphatic carbocycles. The quantitative estimate of drug-likeness (QED) is 0.612. The molecule has 34 heavy (non-hydrogen) atoms. The minimum Gasteiger partial charge on any atom is -0.335 e. The van der Waals surface area contributed by atoms with Gasteiger partial charge in [-0.05, 0) is 25.0 Å². The van der Waals surface area contributed by atoms with Crippen LogP contribution in [0.25, 0.3) is 0 Å². The molecule has 2 saturated heterocycles. The average Bonchev–Trinajstić information content (AvgIpc) is 3.43. The van der Waals surface area contributed by atoms with Crippen molar-refractivity contribution >= 4 is 21.8 Å². The van der Waals surface area contributed by atoms with E-state index in [0.717, 1.165) is 0 Å². The molecule has 2 aromatic rings. The average molecular weight is 486 g/mol. The number of carbonyl (C=O) groups excluding carboxylic acids is 2. The molecule has 2 amide bonds. The zero-order valence-electron chi connectivity index (χ0n) is 19.0. The van der Waals surface area contributed by atoms with Gasteiger partial charge in [0.1, 0.15) is 11.4 Å². The Morgan fingerprint density at radius 1 is 0.912 bits per heavy atom. The summed E-state index contributed by atoms with van der Waals surface area (Å²) in [7, 11) is -3.31. The fourth-order valence-electron chi connectivity index (χ4n) is 5.23. The van der Waals surface area contributed by atoms with E-state index >= 15 is 0 Å². The fourth-order valence-corrected chi connectivity index (χ4v) is 6.13. The lowest BCUT2D eigenvalue weighted by atomic mass is 9.85. The van der Waals surface area contributed by atoms with Crippen LogP contribution in [-0.2, 0) is 22.0 Å². The Bertz CT molecular complexity index is 1300. The van der Waals surface area contributed by atoms with E-state index in [1.54, 1.807) is 28.1 Å². The topological polar surface area (TPSA) is 113 Å². The molecule has 5 rings (SSSR count). The molecule has 0 radical (unpaired) electrons. The summed E-state index contributed by atoms with van der Waals surface area (Å²) in [6, 6.07) is 9.02. The number of hydrogen-bond acceptors (Lipinski definition) is 6. The van der Waals surface area contributed by atoms with E-state index in [2.05, 4.69) is 4.98 Å². The Morgan fingerprint density at radius 2 is 1.53 bits per heavy atom. The molecule has 0 bridgehead atoms. The van der Waals surface area contributed by atoms with Crippen molar-refractivity contribution in [2.24, 2.45) is 0 Å². The lowest BCUT2D eigenvalue weighted by Gasteiger charge is -2.34. The maximum atomic E-state index is 13.1. The number of aromatic nitrogens is 2. The highest BCUT2D eigenvalue weighted by Gasteiger charge is 2.48. The summed E-state index contributed by atoms with van der Waals surface area (Å²) in [6.45, 7) is 2.76. The van der Waals surface area contributed by atoms with Gasteiger partial charge in [-0.3, -0.25) is 14.4 Å². The van der Waals surface area contributed by atoms with Crippen molar-refractivity contribution in [1.82, 2.24) is 23.7 Å². The number of benzene rings is 1. The van der Waals surface area contributed by atoms with Crippen LogP contribution in [-0.4, -0.2) is 89.4 Å². The summed E-state index contributed by atoms with van der Waals surface area (Å²) in [5, 5.41) is 0. The summed E-state index contributed by atoms with van der Waals surface area (Å²) in [5.41, 5.74) is -0.439. The molecule has 1 spiro atoms. The highest BCUT2D eigenvalue weighted by molar-refractivity contribution is 7.88. The standard InChI is InChI=1S/C23H27N5O5S/c1-34(32,33)28-10-8-23(16-28)7-9-27-15-18(19(29)24-22(23)27)21(31)26-13-11-25(12-14-26)20(30)17-5-3-2-4-6-17/h2-6,15H,7-14,16H2,1H3/t23-/m1/s1. The van der Waals surface area contributed by atoms with Gasteiger partial charge in [0.2, 0.25) is 10.0 Å². The van der Waals surface area contributed by atoms with Crippen LogP contribution < -0.4 is 5.56 Å². The van der Waals surface area contributed by atoms with Crippen LogP contribution in [0.2, 0.25) is 0 Å². The Hall–Kier alpha value is -3.05. The molecular formula is C23H27N5O5S. The lowest BCUT2D eigenvalue weighted by molar-refractivity contribution is 0.0534. The van der Waals surface area contributed by atoms with Crippen LogP contribution in [0.4, 0.5) is 0 Å². The third-order valence-corrected chi connectivity index (χ3v) is 8.44. The van der Waals surface area contributed by atoms with Gasteiger partial charge in [0.05, 0.1) is 6.26 Å². The van der Waals surface area contributed by atoms with Gasteiger partial charge in [-0.1, -0.05) is 18.2 Å². The molecule has 4 heterocycles. The van der Waals surface area contributed by atoms with E-state index in [4.69, 9.17) is 0 Å². The van der Waals surface area contributed by atoms with E-state index in [1.165, 1.54) is 10.6 Å². The van der Waals surface area contributed by atoms with Crippen molar-refractivity contribution in [3.63, 3.8) is 0 Å². The van der Waals surface area contributed by atoms with Crippen LogP contribution in [0.3, 0.4) is 0 Å². The van der Waals surface area contributed by atoms with Crippen molar-refractivity contribution in [1.29, 1.82) is 0 Å². The lowest BCUT2D eigenvalue weighted by Crippen LogP contribution is -2.51. The second-order valence-electron chi connectivity index (χ2n) is 9.30. The van der Waals surface area contributed by atoms with Gasteiger partial charge in [0.25, 0.3) is 17.4 Å². The maximum Gasteiger partial charge on any atom is 0.285 e. The molecular weight excluding hydrogens is 458 g/mol. The van der Waals surface area contributed by atoms with E-state index in [9.17, 15) is 22.8 Å². The molecule has 0 unspecified atom stereocenters. The number of fused-ring (bicyclic) bond motifs is 2. The van der Waals surface area contributed by atoms with Crippen molar-refractivity contribution in [3.8, 4) is 0 Å². The summed E-state index contributed by atoms with van der Waals surface area (Å²) in [6.07, 6.45) is 4.06. The van der Waals surface area contributed by atoms with Crippen LogP contribution >= 0.6 is 0 Å². The number of carbonyl (C=O) groups is 2. The SMILES string of the molecule is CS(=O)(=O)N1CC[C@]2(CCn3cc(C(=O)N4CCN(C(=O)c5ccccc5)CC4)c(=O)nc32)C1. The van der Waals surface area contributed by atoms with E-state index in [1.807, 2.05) is 22.8 Å². The summed E-state index contributed by atoms with van der Waals surface area (Å²) in [5.74, 6) is 0.111. The Labute approximate surface area is 197 Å². The highest BCUT2D eigenvalue weighted by atomic mass is 32.2. The first kappa shape index (κ1) is 22.7. The van der Waals surface area contributed by atoms with Crippen molar-refractivity contribution in [2.45, 2.75) is 24.8 Å². The third-order valence-electron chi connectivity index (χ3n) is 7.19. The van der Waals surface area contributed by atoms with Crippen LogP contribution in [0.1, 0.15) is 39.4 Å². The predicted octanol–water partition coefficient (Wildman–Crippen LogP) is 0.148. The Kier molecular flexibility index (Phi) is 5.56. The summed E-state index contributed by atoms with van der Waals surface area (Å²) in [4.78, 5) is 46.2. The van der Waals surface area contributed by atoms with Gasteiger partial charge >= 0.3 is 0 Å². The second-order valence-corrected chi connectivity index (χ2v) is 11.3. The first-order valence-electron chi connectivity index (χ1n) is 11.4. The number of hydrogen-bond donors (Lipinski definition) is 0. The molecule has 2 fully saturated rings. The zero-order valence-corrected chi connectivity index (χ0v) is 19.8. The van der Waals surface area contributed by atoms with Gasteiger partial charge < -0.3 is 14.4 Å². The summed E-state index contributed by atoms with van der Waals surface area (Å²) >= 11 is 0. The molecule has 0 saturated carbocycles. The molecule has 180 valence electrons. The number of sulfonamides is 1. The fraction of sp³-hybridized carbons (Fsp3) is 0.478. The highest BCUT2D eigenvalue weighted by Crippen LogP contribution is 2.41. The van der Waals surface area contributed by atoms with E-state index in [0.29, 0.717) is 70.0 Å². The normalized spacial score (nSPS) is 22.9. The number of rotatable bonds is 3. The van der Waals surface area contributed by atoms with Crippen molar-refractivity contribution in [2.75, 3.05) is 45.5 Å². The first-order chi connectivity index (χ1) is 16.2. The minimum atomic E-state index is -3.31. The Balaban J connectivity index is 1.30. The number of piperazine rings is 1. The van der Waals surface area contributed by atoms with Gasteiger partial charge in [-0.2, -0.15) is 4.98 Å². The zero-order chi connectivity index (χ0) is 24.1. The molecule has 10 nitrogen and oxygen atoms in total. The smallest absolute Gasteiger partial charge is 0.285 e. The van der Waals surface area contributed by atoms with Crippen LogP contribution in [0, 0.1) is 0 Å². The largest absolute Gasteiger partial charge is 0.335 e. The van der Waals surface area contributed by atoms with Gasteiger partial charge in [0, 0.05) is 63.0 Å². The van der Waals surface area contributed by atoms with E-state index in [-0.39, 0.29) is 17.4 Å². The van der Waals surface area contributed by atoms with Gasteiger partial charge in [-0.25, -0.2) is 12.7 Å². The van der Waals surface area contributed by atoms with Gasteiger partial charge in [0.15, 0.2) is 0 Å². The predicted molar refractivity (Wildman–Crippen MR) is 124 cm³/mol. The third kappa shape index (κ3) is 3.92. The number of amides is 2. The Morgan fingerprint density at radius 3 is 2.15 bits per heavy atom. The van der Waals surface area contributed by atoms with Crippen LogP contribution in [0.5, 0.6) is 0 Å². The minimum absolute atomic E-state index is 0.0154. The van der Waals surface area contributed by atoms with E-state index < -0.39 is 21.0 Å². The molecule has 1 aromatic carbocycles. The number of nitrogens with zero attached hydrogens (tertiary/aromatic N) is 5. The van der Waals surface area contributed by atoms with Crippen molar-refractivity contribution < 1.29 is 18.0 Å². The molecule has 1 atom stereocenters. The molecule has 3 aliphatic heterocycles. The van der Waals surface area contributed by atoms with Gasteiger partial charge in [-0.15, -0.1) is 0 Å². The second kappa shape index (κ2) is 8.31. The summed E-state index contributed by atoms with van der Waals surface area (Å²) < 4.78 is 27.2. The molecule has 3 aliphatic rings. The number of aryl methyl sites for hydroxylation is 1. The molecule has 11 heteroatoms. The molecule has 1 aromatic heterocycles. The maximum absolute atomic E-state index is 13.1. The van der Waals surface area contributed by atoms with Crippen molar-refractivity contribution in [3.05, 3.63) is 63.8 Å². The first-order valence-corrected chi connectivity index (χ1v) is 13.2. The monoisotopic (exact) mass is 485 g/mol. The molecule has 0 N–H and O–H groups in total. The van der Waals surface area contributed by atoms with Crippen LogP contribution in [0.15, 0.2) is 41.3 Å².